The van der Waals surface area contributed by atoms with Gasteiger partial charge in [-0.1, -0.05) is 54.6 Å². The Labute approximate surface area is 323 Å². The van der Waals surface area contributed by atoms with Crippen molar-refractivity contribution in [3.05, 3.63) is 169 Å². The number of aromatic nitrogens is 2. The molecule has 258 valence electrons. The van der Waals surface area contributed by atoms with Crippen LogP contribution >= 0.6 is 11.3 Å². The Morgan fingerprint density at radius 3 is 1.68 bits per heavy atom. The molecule has 6 heteroatoms. The summed E-state index contributed by atoms with van der Waals surface area (Å²) >= 11 is 1.81. The third-order valence-electron chi connectivity index (χ3n) is 11.4. The molecule has 0 radical (unpaired) electrons. The molecule has 0 atom stereocenters. The minimum atomic E-state index is 0.647. The maximum atomic E-state index is 9.75. The number of para-hydroxylation sites is 2. The Balaban J connectivity index is 1.01. The van der Waals surface area contributed by atoms with Crippen molar-refractivity contribution < 1.29 is 4.42 Å². The first-order valence-corrected chi connectivity index (χ1v) is 19.3. The van der Waals surface area contributed by atoms with E-state index in [9.17, 15) is 10.5 Å². The highest BCUT2D eigenvalue weighted by atomic mass is 32.1. The van der Waals surface area contributed by atoms with Gasteiger partial charge in [-0.3, -0.25) is 0 Å². The van der Waals surface area contributed by atoms with Crippen molar-refractivity contribution in [3.63, 3.8) is 0 Å². The third-order valence-corrected chi connectivity index (χ3v) is 12.5. The lowest BCUT2D eigenvalue weighted by Crippen LogP contribution is -1.93. The van der Waals surface area contributed by atoms with Gasteiger partial charge in [0.15, 0.2) is 0 Å². The van der Waals surface area contributed by atoms with Crippen molar-refractivity contribution in [2.75, 3.05) is 0 Å². The molecule has 56 heavy (non-hydrogen) atoms. The number of nitriles is 2. The van der Waals surface area contributed by atoms with E-state index in [2.05, 4.69) is 143 Å². The quantitative estimate of drug-likeness (QED) is 0.182. The normalized spacial score (nSPS) is 11.9. The summed E-state index contributed by atoms with van der Waals surface area (Å²) in [6.07, 6.45) is 0. The van der Waals surface area contributed by atoms with Crippen molar-refractivity contribution >= 4 is 97.1 Å². The van der Waals surface area contributed by atoms with Gasteiger partial charge in [-0.25, -0.2) is 0 Å². The van der Waals surface area contributed by atoms with Crippen molar-refractivity contribution in [2.45, 2.75) is 0 Å². The van der Waals surface area contributed by atoms with Crippen LogP contribution in [0.2, 0.25) is 0 Å². The first-order valence-electron chi connectivity index (χ1n) is 18.4. The van der Waals surface area contributed by atoms with Crippen LogP contribution in [0.3, 0.4) is 0 Å². The van der Waals surface area contributed by atoms with Gasteiger partial charge in [-0.2, -0.15) is 10.5 Å². The van der Waals surface area contributed by atoms with Gasteiger partial charge in [0.1, 0.15) is 11.2 Å². The first kappa shape index (κ1) is 30.8. The van der Waals surface area contributed by atoms with E-state index in [1.165, 1.54) is 25.6 Å². The monoisotopic (exact) mass is 730 g/mol. The zero-order chi connectivity index (χ0) is 37.1. The molecule has 0 saturated heterocycles. The largest absolute Gasteiger partial charge is 0.456 e. The van der Waals surface area contributed by atoms with E-state index in [4.69, 9.17) is 4.42 Å². The molecule has 4 heterocycles. The number of furan rings is 1. The summed E-state index contributed by atoms with van der Waals surface area (Å²) in [5.41, 5.74) is 11.6. The summed E-state index contributed by atoms with van der Waals surface area (Å²) in [4.78, 5) is 0. The van der Waals surface area contributed by atoms with Crippen LogP contribution in [0.5, 0.6) is 0 Å². The van der Waals surface area contributed by atoms with Gasteiger partial charge in [0.05, 0.1) is 45.3 Å². The molecule has 0 N–H and O–H groups in total. The lowest BCUT2D eigenvalue weighted by Gasteiger charge is -2.09. The van der Waals surface area contributed by atoms with E-state index in [1.807, 2.05) is 47.7 Å². The van der Waals surface area contributed by atoms with Crippen LogP contribution in [0.4, 0.5) is 0 Å². The van der Waals surface area contributed by atoms with Crippen molar-refractivity contribution in [3.8, 4) is 34.6 Å². The van der Waals surface area contributed by atoms with Crippen molar-refractivity contribution in [1.82, 2.24) is 9.13 Å². The second-order valence-corrected chi connectivity index (χ2v) is 15.5. The van der Waals surface area contributed by atoms with Crippen LogP contribution < -0.4 is 0 Å². The highest BCUT2D eigenvalue weighted by molar-refractivity contribution is 7.25. The SMILES string of the molecule is N#Cc1ccc2c(c1)c1ccccc1n2-c1ccc2oc3ccc(-c4ccc5sc6ccc(-n7c8ccccc8c8ccc(C#N)cc87)cc6c5c4)cc3c2c1. The number of hydrogen-bond donors (Lipinski definition) is 0. The Morgan fingerprint density at radius 2 is 0.911 bits per heavy atom. The van der Waals surface area contributed by atoms with Crippen LogP contribution in [0.25, 0.3) is 108 Å². The maximum absolute atomic E-state index is 9.75. The molecule has 0 aliphatic carbocycles. The van der Waals surface area contributed by atoms with Crippen LogP contribution in [0.1, 0.15) is 11.1 Å². The molecule has 0 aliphatic heterocycles. The highest BCUT2D eigenvalue weighted by Gasteiger charge is 2.18. The zero-order valence-corrected chi connectivity index (χ0v) is 30.4. The summed E-state index contributed by atoms with van der Waals surface area (Å²) in [5.74, 6) is 0. The molecular formula is C50H26N4OS. The molecule has 12 rings (SSSR count). The maximum Gasteiger partial charge on any atom is 0.135 e. The van der Waals surface area contributed by atoms with Gasteiger partial charge in [0.25, 0.3) is 0 Å². The Kier molecular flexibility index (Phi) is 6.28. The van der Waals surface area contributed by atoms with Gasteiger partial charge in [-0.05, 0) is 114 Å². The Morgan fingerprint density at radius 1 is 0.393 bits per heavy atom. The molecule has 0 bridgehead atoms. The van der Waals surface area contributed by atoms with Gasteiger partial charge < -0.3 is 13.6 Å². The Hall–Kier alpha value is -7.64. The first-order chi connectivity index (χ1) is 27.6. The number of nitrogens with zero attached hydrogens (tertiary/aromatic N) is 4. The van der Waals surface area contributed by atoms with E-state index >= 15 is 0 Å². The molecule has 0 amide bonds. The third kappa shape index (κ3) is 4.33. The summed E-state index contributed by atoms with van der Waals surface area (Å²) in [5, 5.41) is 28.4. The molecule has 4 aromatic heterocycles. The summed E-state index contributed by atoms with van der Waals surface area (Å²) < 4.78 is 13.4. The smallest absolute Gasteiger partial charge is 0.135 e. The molecular weight excluding hydrogens is 705 g/mol. The summed E-state index contributed by atoms with van der Waals surface area (Å²) in [7, 11) is 0. The molecule has 0 spiro atoms. The lowest BCUT2D eigenvalue weighted by atomic mass is 10.0. The molecule has 0 saturated carbocycles. The number of fused-ring (bicyclic) bond motifs is 12. The number of rotatable bonds is 3. The number of hydrogen-bond acceptors (Lipinski definition) is 4. The van der Waals surface area contributed by atoms with Gasteiger partial charge >= 0.3 is 0 Å². The molecule has 5 nitrogen and oxygen atoms in total. The molecule has 8 aromatic carbocycles. The molecule has 0 unspecified atom stereocenters. The number of benzene rings is 8. The minimum Gasteiger partial charge on any atom is -0.456 e. The minimum absolute atomic E-state index is 0.647. The Bertz CT molecular complexity index is 3750. The van der Waals surface area contributed by atoms with Gasteiger partial charge in [-0.15, -0.1) is 11.3 Å². The fourth-order valence-electron chi connectivity index (χ4n) is 8.81. The van der Waals surface area contributed by atoms with E-state index in [0.717, 1.165) is 82.7 Å². The summed E-state index contributed by atoms with van der Waals surface area (Å²) in [6, 6.07) is 59.7. The van der Waals surface area contributed by atoms with E-state index in [1.54, 1.807) is 0 Å². The fourth-order valence-corrected chi connectivity index (χ4v) is 9.87. The van der Waals surface area contributed by atoms with Gasteiger partial charge in [0, 0.05) is 63.9 Å². The molecule has 12 aromatic rings. The van der Waals surface area contributed by atoms with Gasteiger partial charge in [0.2, 0.25) is 0 Å². The molecule has 0 fully saturated rings. The standard InChI is InChI=1S/C50H26N4OS/c51-27-29-10-16-45-38(21-29)36-6-2-4-8-44(36)53(45)33-13-18-48-40(25-33)39-23-31(11-17-47(39)55-48)32-12-19-49-41(24-32)42-26-34(14-20-50(42)56-49)54-43-7-3-1-5-35(43)37-15-9-30(28-52)22-46(37)54/h1-26H. The predicted molar refractivity (Wildman–Crippen MR) is 230 cm³/mol. The predicted octanol–water partition coefficient (Wildman–Crippen LogP) is 13.6. The van der Waals surface area contributed by atoms with E-state index in [0.29, 0.717) is 11.1 Å². The second-order valence-electron chi connectivity index (χ2n) is 14.4. The lowest BCUT2D eigenvalue weighted by molar-refractivity contribution is 0.669. The number of thiophene rings is 1. The molecule has 0 aliphatic rings. The average molecular weight is 731 g/mol. The fraction of sp³-hybridized carbons (Fsp3) is 0. The van der Waals surface area contributed by atoms with Crippen LogP contribution in [0, 0.1) is 22.7 Å². The van der Waals surface area contributed by atoms with Crippen LogP contribution in [0.15, 0.2) is 162 Å². The average Bonchev–Trinajstić information content (AvgIpc) is 3.99. The summed E-state index contributed by atoms with van der Waals surface area (Å²) in [6.45, 7) is 0. The van der Waals surface area contributed by atoms with Crippen LogP contribution in [-0.4, -0.2) is 9.13 Å². The van der Waals surface area contributed by atoms with Crippen molar-refractivity contribution in [2.24, 2.45) is 0 Å². The van der Waals surface area contributed by atoms with E-state index in [-0.39, 0.29) is 0 Å². The van der Waals surface area contributed by atoms with Crippen LogP contribution in [-0.2, 0) is 0 Å². The topological polar surface area (TPSA) is 70.6 Å². The van der Waals surface area contributed by atoms with Crippen molar-refractivity contribution in [1.29, 1.82) is 10.5 Å². The van der Waals surface area contributed by atoms with E-state index < -0.39 is 0 Å². The second kappa shape index (κ2) is 11.4. The highest BCUT2D eigenvalue weighted by Crippen LogP contribution is 2.41. The zero-order valence-electron chi connectivity index (χ0n) is 29.6.